The molecule has 2 aromatic heterocycles. The van der Waals surface area contributed by atoms with Crippen molar-refractivity contribution in [2.75, 3.05) is 32.8 Å². The number of aromatic hydroxyl groups is 1. The Kier molecular flexibility index (Phi) is 8.66. The van der Waals surface area contributed by atoms with Crippen LogP contribution < -0.4 is 15.7 Å². The molecule has 1 aromatic carbocycles. The normalized spacial score (nSPS) is 12.7. The van der Waals surface area contributed by atoms with Crippen LogP contribution in [0, 0.1) is 5.92 Å². The zero-order valence-corrected chi connectivity index (χ0v) is 20.7. The first kappa shape index (κ1) is 26.0. The number of aromatic amines is 1. The standard InChI is InChI=1S/C23H28N4O7S/c1-5-13(2)18(19(28)26-22-24-16(12-35-22)21(30)33-4)27-20(29)17(25-23(27)31)14-6-8-15(9-7-14)34-11-10-32-3/h6-9,12-13,18,29H,5,10-11H2,1-4H3,(H,25,31)(H,24,26,28)/t13-,18-/m0/s1. The largest absolute Gasteiger partial charge is 0.493 e. The van der Waals surface area contributed by atoms with Gasteiger partial charge in [0.1, 0.15) is 24.1 Å². The molecule has 0 saturated heterocycles. The molecule has 1 amide bonds. The van der Waals surface area contributed by atoms with E-state index in [1.807, 2.05) is 6.92 Å². The van der Waals surface area contributed by atoms with Crippen molar-refractivity contribution in [3.63, 3.8) is 0 Å². The number of carbonyl (C=O) groups is 2. The molecule has 0 unspecified atom stereocenters. The highest BCUT2D eigenvalue weighted by Crippen LogP contribution is 2.33. The number of methoxy groups -OCH3 is 2. The molecule has 188 valence electrons. The van der Waals surface area contributed by atoms with Crippen LogP contribution in [-0.2, 0) is 14.3 Å². The molecule has 2 heterocycles. The van der Waals surface area contributed by atoms with E-state index in [0.29, 0.717) is 30.9 Å². The maximum atomic E-state index is 13.2. The van der Waals surface area contributed by atoms with Crippen molar-refractivity contribution in [1.82, 2.24) is 14.5 Å². The number of imidazole rings is 1. The first-order valence-corrected chi connectivity index (χ1v) is 11.8. The van der Waals surface area contributed by atoms with Crippen LogP contribution in [0.4, 0.5) is 5.13 Å². The second-order valence-electron chi connectivity index (χ2n) is 7.71. The van der Waals surface area contributed by atoms with Crippen LogP contribution >= 0.6 is 11.3 Å². The number of nitrogens with zero attached hydrogens (tertiary/aromatic N) is 2. The van der Waals surface area contributed by atoms with Crippen LogP contribution in [0.1, 0.15) is 36.8 Å². The number of hydrogen-bond donors (Lipinski definition) is 3. The Labute approximate surface area is 205 Å². The Morgan fingerprint density at radius 1 is 1.23 bits per heavy atom. The van der Waals surface area contributed by atoms with Crippen molar-refractivity contribution in [3.8, 4) is 22.9 Å². The molecule has 0 aliphatic heterocycles. The average molecular weight is 505 g/mol. The zero-order valence-electron chi connectivity index (χ0n) is 19.9. The number of H-pyrrole nitrogens is 1. The van der Waals surface area contributed by atoms with Crippen LogP contribution in [0.15, 0.2) is 34.4 Å². The summed E-state index contributed by atoms with van der Waals surface area (Å²) in [4.78, 5) is 44.4. The van der Waals surface area contributed by atoms with Gasteiger partial charge in [0.05, 0.1) is 13.7 Å². The number of esters is 1. The number of hydrogen-bond acceptors (Lipinski definition) is 9. The quantitative estimate of drug-likeness (QED) is 0.267. The van der Waals surface area contributed by atoms with Crippen LogP contribution in [0.5, 0.6) is 11.6 Å². The topological polar surface area (TPSA) is 145 Å². The van der Waals surface area contributed by atoms with Gasteiger partial charge in [-0.2, -0.15) is 0 Å². The second kappa shape index (κ2) is 11.7. The van der Waals surface area contributed by atoms with E-state index in [1.54, 1.807) is 38.3 Å². The Bertz CT molecular complexity index is 1220. The van der Waals surface area contributed by atoms with E-state index in [2.05, 4.69) is 20.0 Å². The number of benzene rings is 1. The van der Waals surface area contributed by atoms with E-state index >= 15 is 0 Å². The summed E-state index contributed by atoms with van der Waals surface area (Å²) < 4.78 is 16.2. The number of thiazole rings is 1. The van der Waals surface area contributed by atoms with Crippen LogP contribution in [0.25, 0.3) is 11.3 Å². The number of rotatable bonds is 11. The van der Waals surface area contributed by atoms with Crippen LogP contribution in [0.2, 0.25) is 0 Å². The minimum Gasteiger partial charge on any atom is -0.493 e. The summed E-state index contributed by atoms with van der Waals surface area (Å²) in [5.74, 6) is -1.23. The van der Waals surface area contributed by atoms with E-state index in [1.165, 1.54) is 12.5 Å². The predicted octanol–water partition coefficient (Wildman–Crippen LogP) is 3.04. The number of carbonyl (C=O) groups excluding carboxylic acids is 2. The number of amides is 1. The second-order valence-corrected chi connectivity index (χ2v) is 8.57. The SMILES string of the molecule is CC[C@H](C)[C@@H](C(=O)Nc1nc(C(=O)OC)cs1)n1c(O)c(-c2ccc(OCCOC)cc2)[nH]c1=O. The highest BCUT2D eigenvalue weighted by molar-refractivity contribution is 7.14. The maximum Gasteiger partial charge on any atom is 0.357 e. The number of anilines is 1. The van der Waals surface area contributed by atoms with Crippen LogP contribution in [-0.4, -0.2) is 59.0 Å². The summed E-state index contributed by atoms with van der Waals surface area (Å²) >= 11 is 1.05. The molecule has 3 N–H and O–H groups in total. The van der Waals surface area contributed by atoms with E-state index in [-0.39, 0.29) is 28.3 Å². The van der Waals surface area contributed by atoms with Crippen molar-refractivity contribution >= 4 is 28.3 Å². The summed E-state index contributed by atoms with van der Waals surface area (Å²) in [5.41, 5.74) is 0.157. The zero-order chi connectivity index (χ0) is 25.5. The van der Waals surface area contributed by atoms with Gasteiger partial charge in [-0.3, -0.25) is 4.79 Å². The summed E-state index contributed by atoms with van der Waals surface area (Å²) in [6.45, 7) is 4.52. The first-order valence-electron chi connectivity index (χ1n) is 10.9. The Morgan fingerprint density at radius 2 is 1.94 bits per heavy atom. The summed E-state index contributed by atoms with van der Waals surface area (Å²) in [6, 6.07) is 5.78. The smallest absolute Gasteiger partial charge is 0.357 e. The van der Waals surface area contributed by atoms with Gasteiger partial charge in [0.2, 0.25) is 11.8 Å². The number of ether oxygens (including phenoxy) is 3. The van der Waals surface area contributed by atoms with E-state index in [4.69, 9.17) is 9.47 Å². The summed E-state index contributed by atoms with van der Waals surface area (Å²) in [7, 11) is 2.82. The molecule has 3 aromatic rings. The van der Waals surface area contributed by atoms with Gasteiger partial charge in [-0.05, 0) is 30.2 Å². The van der Waals surface area contributed by atoms with Gasteiger partial charge in [0, 0.05) is 18.1 Å². The van der Waals surface area contributed by atoms with Gasteiger partial charge in [0.25, 0.3) is 0 Å². The van der Waals surface area contributed by atoms with Gasteiger partial charge in [0.15, 0.2) is 10.8 Å². The lowest BCUT2D eigenvalue weighted by atomic mass is 9.98. The van der Waals surface area contributed by atoms with Gasteiger partial charge < -0.3 is 29.6 Å². The molecule has 11 nitrogen and oxygen atoms in total. The molecular weight excluding hydrogens is 476 g/mol. The fraction of sp³-hybridized carbons (Fsp3) is 0.391. The van der Waals surface area contributed by atoms with Crippen molar-refractivity contribution in [2.24, 2.45) is 5.92 Å². The van der Waals surface area contributed by atoms with Gasteiger partial charge in [-0.1, -0.05) is 20.3 Å². The van der Waals surface area contributed by atoms with Gasteiger partial charge >= 0.3 is 11.7 Å². The molecule has 0 aliphatic rings. The Morgan fingerprint density at radius 3 is 2.57 bits per heavy atom. The monoisotopic (exact) mass is 504 g/mol. The molecule has 3 rings (SSSR count). The predicted molar refractivity (Wildman–Crippen MR) is 130 cm³/mol. The van der Waals surface area contributed by atoms with Crippen molar-refractivity contribution in [3.05, 3.63) is 45.8 Å². The van der Waals surface area contributed by atoms with E-state index < -0.39 is 23.6 Å². The molecule has 12 heteroatoms. The van der Waals surface area contributed by atoms with Crippen molar-refractivity contribution in [1.29, 1.82) is 0 Å². The number of aromatic nitrogens is 3. The van der Waals surface area contributed by atoms with Crippen molar-refractivity contribution < 1.29 is 28.9 Å². The summed E-state index contributed by atoms with van der Waals surface area (Å²) in [6.07, 6.45) is 0.559. The molecule has 2 atom stereocenters. The highest BCUT2D eigenvalue weighted by atomic mass is 32.1. The van der Waals surface area contributed by atoms with E-state index in [0.717, 1.165) is 15.9 Å². The lowest BCUT2D eigenvalue weighted by molar-refractivity contribution is -0.120. The minimum atomic E-state index is -1.03. The van der Waals surface area contributed by atoms with E-state index in [9.17, 15) is 19.5 Å². The third-order valence-electron chi connectivity index (χ3n) is 5.46. The van der Waals surface area contributed by atoms with Crippen molar-refractivity contribution in [2.45, 2.75) is 26.3 Å². The molecule has 0 saturated carbocycles. The molecule has 0 bridgehead atoms. The minimum absolute atomic E-state index is 0.0616. The third-order valence-corrected chi connectivity index (χ3v) is 6.22. The Hall–Kier alpha value is -3.64. The molecule has 0 fully saturated rings. The lowest BCUT2D eigenvalue weighted by Gasteiger charge is -2.23. The van der Waals surface area contributed by atoms with Gasteiger partial charge in [-0.25, -0.2) is 19.1 Å². The molecule has 35 heavy (non-hydrogen) atoms. The average Bonchev–Trinajstić information content (AvgIpc) is 3.44. The summed E-state index contributed by atoms with van der Waals surface area (Å²) in [5, 5.41) is 15.2. The van der Waals surface area contributed by atoms with Gasteiger partial charge in [-0.15, -0.1) is 11.3 Å². The van der Waals surface area contributed by atoms with Crippen LogP contribution in [0.3, 0.4) is 0 Å². The lowest BCUT2D eigenvalue weighted by Crippen LogP contribution is -2.35. The molecule has 0 spiro atoms. The molecule has 0 aliphatic carbocycles. The highest BCUT2D eigenvalue weighted by Gasteiger charge is 2.32. The maximum absolute atomic E-state index is 13.2. The fourth-order valence-corrected chi connectivity index (χ4v) is 4.10. The Balaban J connectivity index is 1.88. The first-order chi connectivity index (χ1) is 16.8. The molecular formula is C23H28N4O7S. The molecule has 0 radical (unpaired) electrons. The number of nitrogens with one attached hydrogen (secondary N) is 2. The fourth-order valence-electron chi connectivity index (χ4n) is 3.42. The third kappa shape index (κ3) is 5.89.